The molecular weight excluding hydrogens is 442 g/mol. The largest absolute Gasteiger partial charge is 0.457 e. The summed E-state index contributed by atoms with van der Waals surface area (Å²) in [6, 6.07) is 4.69. The van der Waals surface area contributed by atoms with E-state index in [9.17, 15) is 4.39 Å². The van der Waals surface area contributed by atoms with Crippen molar-refractivity contribution in [1.82, 2.24) is 0 Å². The van der Waals surface area contributed by atoms with Crippen molar-refractivity contribution in [1.29, 1.82) is 0 Å². The van der Waals surface area contributed by atoms with Gasteiger partial charge in [-0.3, -0.25) is 0 Å². The number of furan rings is 1. The van der Waals surface area contributed by atoms with E-state index in [1.807, 2.05) is 0 Å². The number of benzene rings is 1. The summed E-state index contributed by atoms with van der Waals surface area (Å²) in [6.45, 7) is 0. The van der Waals surface area contributed by atoms with Crippen LogP contribution in [0.1, 0.15) is 16.0 Å². The Labute approximate surface area is 128 Å². The third-order valence-electron chi connectivity index (χ3n) is 2.23. The lowest BCUT2D eigenvalue weighted by molar-refractivity contribution is 0.537. The molecule has 1 nitrogen and oxygen atoms in total. The molecule has 0 aliphatic carbocycles. The van der Waals surface area contributed by atoms with E-state index < -0.39 is 0 Å². The van der Waals surface area contributed by atoms with E-state index >= 15 is 0 Å². The molecule has 1 atom stereocenters. The van der Waals surface area contributed by atoms with Gasteiger partial charge >= 0.3 is 0 Å². The van der Waals surface area contributed by atoms with Crippen molar-refractivity contribution in [3.63, 3.8) is 0 Å². The molecule has 0 N–H and O–H groups in total. The van der Waals surface area contributed by atoms with Gasteiger partial charge in [0, 0.05) is 15.6 Å². The van der Waals surface area contributed by atoms with Crippen LogP contribution < -0.4 is 0 Å². The van der Waals surface area contributed by atoms with Crippen LogP contribution in [0.4, 0.5) is 4.39 Å². The molecule has 0 amide bonds. The van der Waals surface area contributed by atoms with Gasteiger partial charge in [0.05, 0.1) is 16.1 Å². The Balaban J connectivity index is 2.48. The van der Waals surface area contributed by atoms with Gasteiger partial charge in [-0.15, -0.1) is 0 Å². The van der Waals surface area contributed by atoms with Gasteiger partial charge in [-0.1, -0.05) is 27.5 Å². The van der Waals surface area contributed by atoms with Gasteiger partial charge in [-0.25, -0.2) is 4.39 Å². The first-order valence-electron chi connectivity index (χ1n) is 4.52. The van der Waals surface area contributed by atoms with Crippen molar-refractivity contribution in [3.05, 3.63) is 55.6 Å². The van der Waals surface area contributed by atoms with E-state index in [0.717, 1.165) is 5.56 Å². The normalized spacial score (nSPS) is 12.8. The van der Waals surface area contributed by atoms with E-state index in [2.05, 4.69) is 47.8 Å². The van der Waals surface area contributed by atoms with Crippen molar-refractivity contribution < 1.29 is 8.81 Å². The number of halogens is 5. The third kappa shape index (κ3) is 2.78. The second-order valence-corrected chi connectivity index (χ2v) is 6.20. The van der Waals surface area contributed by atoms with Gasteiger partial charge in [0.25, 0.3) is 0 Å². The Morgan fingerprint density at radius 2 is 1.94 bits per heavy atom. The van der Waals surface area contributed by atoms with Crippen LogP contribution in [-0.2, 0) is 0 Å². The summed E-state index contributed by atoms with van der Waals surface area (Å²) in [4.78, 5) is -0.318. The van der Waals surface area contributed by atoms with Crippen LogP contribution >= 0.6 is 59.4 Å². The van der Waals surface area contributed by atoms with Crippen molar-refractivity contribution in [2.75, 3.05) is 0 Å². The lowest BCUT2D eigenvalue weighted by Crippen LogP contribution is -1.96. The van der Waals surface area contributed by atoms with E-state index in [1.165, 1.54) is 12.3 Å². The van der Waals surface area contributed by atoms with Gasteiger partial charge in [-0.05, 0) is 50.1 Å². The summed E-state index contributed by atoms with van der Waals surface area (Å²) >= 11 is 15.8. The third-order valence-corrected chi connectivity index (χ3v) is 5.06. The second-order valence-electron chi connectivity index (χ2n) is 3.30. The molecule has 6 heteroatoms. The highest BCUT2D eigenvalue weighted by Gasteiger charge is 2.20. The Kier molecular flexibility index (Phi) is 4.34. The van der Waals surface area contributed by atoms with E-state index in [4.69, 9.17) is 16.0 Å². The van der Waals surface area contributed by atoms with Crippen LogP contribution in [0, 0.1) is 5.82 Å². The maximum Gasteiger partial charge on any atom is 0.173 e. The molecule has 0 aliphatic heterocycles. The Morgan fingerprint density at radius 3 is 2.53 bits per heavy atom. The molecule has 0 spiro atoms. The Morgan fingerprint density at radius 1 is 1.24 bits per heavy atom. The SMILES string of the molecule is Fc1cc(Br)c(Cl)cc1C(Br)c1ccoc1Br. The maximum absolute atomic E-state index is 13.8. The van der Waals surface area contributed by atoms with Gasteiger partial charge < -0.3 is 4.42 Å². The van der Waals surface area contributed by atoms with Crippen LogP contribution in [0.5, 0.6) is 0 Å². The molecule has 2 aromatic rings. The molecule has 0 fully saturated rings. The fourth-order valence-electron chi connectivity index (χ4n) is 1.38. The fourth-order valence-corrected chi connectivity index (χ4v) is 3.36. The number of hydrogen-bond acceptors (Lipinski definition) is 1. The first kappa shape index (κ1) is 13.6. The molecule has 0 saturated heterocycles. The zero-order valence-corrected chi connectivity index (χ0v) is 13.7. The van der Waals surface area contributed by atoms with Crippen LogP contribution in [0.15, 0.2) is 38.0 Å². The molecule has 0 aliphatic rings. The highest BCUT2D eigenvalue weighted by molar-refractivity contribution is 9.11. The fraction of sp³-hybridized carbons (Fsp3) is 0.0909. The summed E-state index contributed by atoms with van der Waals surface area (Å²) in [6.07, 6.45) is 1.53. The minimum atomic E-state index is -0.337. The highest BCUT2D eigenvalue weighted by Crippen LogP contribution is 2.39. The van der Waals surface area contributed by atoms with E-state index in [0.29, 0.717) is 19.7 Å². The molecule has 1 unspecified atom stereocenters. The lowest BCUT2D eigenvalue weighted by Gasteiger charge is -2.11. The van der Waals surface area contributed by atoms with Crippen LogP contribution in [-0.4, -0.2) is 0 Å². The lowest BCUT2D eigenvalue weighted by atomic mass is 10.1. The average Bonchev–Trinajstić information content (AvgIpc) is 2.69. The molecule has 0 saturated carbocycles. The first-order chi connectivity index (χ1) is 8.00. The zero-order chi connectivity index (χ0) is 12.6. The molecule has 1 heterocycles. The highest BCUT2D eigenvalue weighted by atomic mass is 79.9. The molecule has 2 rings (SSSR count). The van der Waals surface area contributed by atoms with Crippen molar-refractivity contribution in [3.8, 4) is 0 Å². The van der Waals surface area contributed by atoms with Gasteiger partial charge in [-0.2, -0.15) is 0 Å². The van der Waals surface area contributed by atoms with E-state index in [-0.39, 0.29) is 10.6 Å². The summed E-state index contributed by atoms with van der Waals surface area (Å²) in [5, 5.41) is 0.463. The van der Waals surface area contributed by atoms with E-state index in [1.54, 1.807) is 12.1 Å². The molecule has 1 aromatic heterocycles. The molecule has 1 aromatic carbocycles. The molecule has 0 bridgehead atoms. The van der Waals surface area contributed by atoms with Gasteiger partial charge in [0.1, 0.15) is 5.82 Å². The van der Waals surface area contributed by atoms with Gasteiger partial charge in [0.15, 0.2) is 4.67 Å². The predicted molar refractivity (Wildman–Crippen MR) is 76.3 cm³/mol. The van der Waals surface area contributed by atoms with Crippen molar-refractivity contribution >= 4 is 59.4 Å². The Hall–Kier alpha value is 0.160. The molecular formula is C11H5Br3ClFO. The summed E-state index contributed by atoms with van der Waals surface area (Å²) in [5.74, 6) is -0.337. The standard InChI is InChI=1S/C11H5Br3ClFO/c12-7-4-9(16)6(3-8(7)15)10(13)5-1-2-17-11(5)14/h1-4,10H. The van der Waals surface area contributed by atoms with Crippen LogP contribution in [0.3, 0.4) is 0 Å². The molecule has 17 heavy (non-hydrogen) atoms. The number of hydrogen-bond donors (Lipinski definition) is 0. The minimum Gasteiger partial charge on any atom is -0.457 e. The number of rotatable bonds is 2. The van der Waals surface area contributed by atoms with Crippen molar-refractivity contribution in [2.24, 2.45) is 0 Å². The summed E-state index contributed by atoms with van der Waals surface area (Å²) in [5.41, 5.74) is 1.27. The van der Waals surface area contributed by atoms with Crippen LogP contribution in [0.25, 0.3) is 0 Å². The smallest absolute Gasteiger partial charge is 0.173 e. The Bertz CT molecular complexity index is 556. The second kappa shape index (κ2) is 5.43. The zero-order valence-electron chi connectivity index (χ0n) is 8.18. The monoisotopic (exact) mass is 444 g/mol. The topological polar surface area (TPSA) is 13.1 Å². The first-order valence-corrected chi connectivity index (χ1v) is 7.40. The van der Waals surface area contributed by atoms with Crippen molar-refractivity contribution in [2.45, 2.75) is 4.83 Å². The molecule has 0 radical (unpaired) electrons. The predicted octanol–water partition coefficient (Wildman–Crippen LogP) is 6.08. The quantitative estimate of drug-likeness (QED) is 0.402. The summed E-state index contributed by atoms with van der Waals surface area (Å²) < 4.78 is 20.1. The summed E-state index contributed by atoms with van der Waals surface area (Å²) in [7, 11) is 0. The van der Waals surface area contributed by atoms with Crippen LogP contribution in [0.2, 0.25) is 5.02 Å². The van der Waals surface area contributed by atoms with Gasteiger partial charge in [0.2, 0.25) is 0 Å². The number of alkyl halides is 1. The average molecular weight is 447 g/mol. The minimum absolute atomic E-state index is 0.318. The molecule has 90 valence electrons. The maximum atomic E-state index is 13.8.